The van der Waals surface area contributed by atoms with Gasteiger partial charge in [0, 0.05) is 17.2 Å². The van der Waals surface area contributed by atoms with E-state index in [9.17, 15) is 13.2 Å². The highest BCUT2D eigenvalue weighted by Gasteiger charge is 2.31. The first kappa shape index (κ1) is 20.6. The van der Waals surface area contributed by atoms with Crippen molar-refractivity contribution >= 4 is 33.3 Å². The second-order valence-electron chi connectivity index (χ2n) is 7.35. The number of ketones is 1. The maximum absolute atomic E-state index is 12.8. The molecule has 0 saturated heterocycles. The Morgan fingerprint density at radius 3 is 2.40 bits per heavy atom. The van der Waals surface area contributed by atoms with Crippen LogP contribution >= 0.6 is 11.8 Å². The maximum Gasteiger partial charge on any atom is 0.229 e. The molecule has 0 spiro atoms. The number of Topliss-reactive ketones (excluding diaryl/α,β-unsaturated/α-hetero) is 1. The molecule has 1 fully saturated rings. The van der Waals surface area contributed by atoms with Crippen molar-refractivity contribution in [3.05, 3.63) is 66.0 Å². The number of carbonyl (C=O) groups excluding carboxylic acids is 1. The molecule has 0 bridgehead atoms. The maximum atomic E-state index is 12.8. The molecule has 1 aliphatic carbocycles. The van der Waals surface area contributed by atoms with Gasteiger partial charge in [-0.2, -0.15) is 0 Å². The molecular weight excluding hydrogens is 420 g/mol. The van der Waals surface area contributed by atoms with Gasteiger partial charge in [-0.3, -0.25) is 9.52 Å². The highest BCUT2D eigenvalue weighted by atomic mass is 32.2. The van der Waals surface area contributed by atoms with Gasteiger partial charge in [-0.1, -0.05) is 30.0 Å². The normalized spacial score (nSPS) is 15.0. The van der Waals surface area contributed by atoms with Crippen LogP contribution in [-0.4, -0.2) is 40.5 Å². The summed E-state index contributed by atoms with van der Waals surface area (Å²) < 4.78 is 26.9. The van der Waals surface area contributed by atoms with Crippen molar-refractivity contribution < 1.29 is 13.2 Å². The van der Waals surface area contributed by atoms with Gasteiger partial charge < -0.3 is 0 Å². The third-order valence-electron chi connectivity index (χ3n) is 4.68. The molecule has 4 rings (SSSR count). The van der Waals surface area contributed by atoms with Crippen LogP contribution in [-0.2, 0) is 10.0 Å². The summed E-state index contributed by atoms with van der Waals surface area (Å²) in [6, 6.07) is 16.3. The number of nitrogens with zero attached hydrogens (tertiary/aromatic N) is 3. The number of rotatable bonds is 8. The average molecular weight is 443 g/mol. The van der Waals surface area contributed by atoms with Gasteiger partial charge in [0.25, 0.3) is 0 Å². The summed E-state index contributed by atoms with van der Waals surface area (Å²) in [7, 11) is -3.35. The number of aromatic nitrogens is 3. The summed E-state index contributed by atoms with van der Waals surface area (Å²) in [5.41, 5.74) is 1.90. The SMILES string of the molecule is C[C@H](Sc1nc(C2CC2)n(-c2ccccc2)n1)C(=O)c1ccc(NS(C)(=O)=O)cc1. The van der Waals surface area contributed by atoms with Crippen molar-refractivity contribution in [1.82, 2.24) is 14.8 Å². The smallest absolute Gasteiger partial charge is 0.229 e. The highest BCUT2D eigenvalue weighted by molar-refractivity contribution is 8.00. The van der Waals surface area contributed by atoms with E-state index in [1.54, 1.807) is 24.3 Å². The molecule has 1 aliphatic rings. The van der Waals surface area contributed by atoms with Crippen LogP contribution in [0.2, 0.25) is 0 Å². The fourth-order valence-corrected chi connectivity index (χ4v) is 4.48. The minimum Gasteiger partial charge on any atom is -0.293 e. The Bertz CT molecular complexity index is 1150. The van der Waals surface area contributed by atoms with Gasteiger partial charge >= 0.3 is 0 Å². The van der Waals surface area contributed by atoms with Crippen LogP contribution < -0.4 is 4.72 Å². The van der Waals surface area contributed by atoms with Gasteiger partial charge in [0.1, 0.15) is 5.82 Å². The second kappa shape index (κ2) is 8.23. The summed E-state index contributed by atoms with van der Waals surface area (Å²) in [6.07, 6.45) is 3.30. The third-order valence-corrected chi connectivity index (χ3v) is 6.24. The molecule has 0 amide bonds. The third kappa shape index (κ3) is 4.91. The zero-order valence-corrected chi connectivity index (χ0v) is 18.3. The fourth-order valence-electron chi connectivity index (χ4n) is 3.08. The molecule has 1 heterocycles. The van der Waals surface area contributed by atoms with Crippen LogP contribution in [0.1, 0.15) is 41.9 Å². The molecule has 1 atom stereocenters. The number of hydrogen-bond donors (Lipinski definition) is 1. The van der Waals surface area contributed by atoms with Crippen LogP contribution in [0.15, 0.2) is 59.8 Å². The first-order valence-electron chi connectivity index (χ1n) is 9.61. The van der Waals surface area contributed by atoms with E-state index in [-0.39, 0.29) is 11.0 Å². The van der Waals surface area contributed by atoms with E-state index in [2.05, 4.69) is 9.82 Å². The number of thioether (sulfide) groups is 1. The first-order valence-corrected chi connectivity index (χ1v) is 12.4. The van der Waals surface area contributed by atoms with Crippen molar-refractivity contribution in [2.24, 2.45) is 0 Å². The molecule has 0 radical (unpaired) electrons. The highest BCUT2D eigenvalue weighted by Crippen LogP contribution is 2.40. The molecular formula is C21H22N4O3S2. The van der Waals surface area contributed by atoms with Crippen LogP contribution in [0.3, 0.4) is 0 Å². The van der Waals surface area contributed by atoms with E-state index >= 15 is 0 Å². The Morgan fingerprint density at radius 1 is 1.13 bits per heavy atom. The van der Waals surface area contributed by atoms with Crippen LogP contribution in [0.5, 0.6) is 0 Å². The molecule has 2 aromatic carbocycles. The van der Waals surface area contributed by atoms with Gasteiger partial charge in [-0.15, -0.1) is 5.10 Å². The minimum atomic E-state index is -3.35. The van der Waals surface area contributed by atoms with Gasteiger partial charge in [-0.05, 0) is 56.2 Å². The predicted octanol–water partition coefficient (Wildman–Crippen LogP) is 3.88. The van der Waals surface area contributed by atoms with Gasteiger partial charge in [0.05, 0.1) is 17.2 Å². The lowest BCUT2D eigenvalue weighted by Crippen LogP contribution is -2.14. The Labute approximate surface area is 180 Å². The van der Waals surface area contributed by atoms with E-state index in [0.29, 0.717) is 22.3 Å². The van der Waals surface area contributed by atoms with Gasteiger partial charge in [-0.25, -0.2) is 18.1 Å². The number of para-hydroxylation sites is 1. The van der Waals surface area contributed by atoms with E-state index in [1.807, 2.05) is 41.9 Å². The lowest BCUT2D eigenvalue weighted by Gasteiger charge is -2.09. The molecule has 1 aromatic heterocycles. The van der Waals surface area contributed by atoms with Crippen LogP contribution in [0.25, 0.3) is 5.69 Å². The van der Waals surface area contributed by atoms with Crippen molar-refractivity contribution in [2.45, 2.75) is 36.1 Å². The molecule has 156 valence electrons. The minimum absolute atomic E-state index is 0.0602. The van der Waals surface area contributed by atoms with Crippen molar-refractivity contribution in [1.29, 1.82) is 0 Å². The standard InChI is InChI=1S/C21H22N4O3S2/c1-14(19(26)15-10-12-17(13-11-15)24-30(2,27)28)29-21-22-20(16-8-9-16)25(23-21)18-6-4-3-5-7-18/h3-7,10-14,16,24H,8-9H2,1-2H3/t14-/m0/s1. The molecule has 1 saturated carbocycles. The van der Waals surface area contributed by atoms with E-state index in [4.69, 9.17) is 4.98 Å². The largest absolute Gasteiger partial charge is 0.293 e. The zero-order valence-electron chi connectivity index (χ0n) is 16.6. The summed E-state index contributed by atoms with van der Waals surface area (Å²) >= 11 is 1.33. The van der Waals surface area contributed by atoms with Gasteiger partial charge in [0.2, 0.25) is 15.2 Å². The Balaban J connectivity index is 1.50. The number of anilines is 1. The van der Waals surface area contributed by atoms with Crippen LogP contribution in [0, 0.1) is 0 Å². The average Bonchev–Trinajstić information content (AvgIpc) is 3.48. The topological polar surface area (TPSA) is 93.9 Å². The number of nitrogens with one attached hydrogen (secondary N) is 1. The summed E-state index contributed by atoms with van der Waals surface area (Å²) in [6.45, 7) is 1.83. The van der Waals surface area contributed by atoms with Crippen molar-refractivity contribution in [3.63, 3.8) is 0 Å². The molecule has 30 heavy (non-hydrogen) atoms. The van der Waals surface area contributed by atoms with E-state index in [1.165, 1.54) is 11.8 Å². The number of sulfonamides is 1. The first-order chi connectivity index (χ1) is 14.3. The molecule has 0 unspecified atom stereocenters. The fraction of sp³-hybridized carbons (Fsp3) is 0.286. The second-order valence-corrected chi connectivity index (χ2v) is 10.4. The Hall–Kier alpha value is -2.65. The van der Waals surface area contributed by atoms with Crippen LogP contribution in [0.4, 0.5) is 5.69 Å². The monoisotopic (exact) mass is 442 g/mol. The summed E-state index contributed by atoms with van der Waals surface area (Å²) in [5, 5.41) is 4.85. The van der Waals surface area contributed by atoms with E-state index in [0.717, 1.165) is 30.6 Å². The molecule has 0 aliphatic heterocycles. The lowest BCUT2D eigenvalue weighted by atomic mass is 10.1. The molecule has 3 aromatic rings. The molecule has 9 heteroatoms. The van der Waals surface area contributed by atoms with Crippen molar-refractivity contribution in [2.75, 3.05) is 11.0 Å². The molecule has 7 nitrogen and oxygen atoms in total. The Kier molecular flexibility index (Phi) is 5.66. The number of carbonyl (C=O) groups is 1. The molecule has 1 N–H and O–H groups in total. The predicted molar refractivity (Wildman–Crippen MR) is 118 cm³/mol. The summed E-state index contributed by atoms with van der Waals surface area (Å²) in [5.74, 6) is 1.31. The summed E-state index contributed by atoms with van der Waals surface area (Å²) in [4.78, 5) is 17.5. The van der Waals surface area contributed by atoms with E-state index < -0.39 is 10.0 Å². The number of benzene rings is 2. The lowest BCUT2D eigenvalue weighted by molar-refractivity contribution is 0.0994. The van der Waals surface area contributed by atoms with Crippen molar-refractivity contribution in [3.8, 4) is 5.69 Å². The quantitative estimate of drug-likeness (QED) is 0.420. The van der Waals surface area contributed by atoms with Gasteiger partial charge in [0.15, 0.2) is 5.78 Å². The number of hydrogen-bond acceptors (Lipinski definition) is 6. The zero-order chi connectivity index (χ0) is 21.3. The Morgan fingerprint density at radius 2 is 1.80 bits per heavy atom.